The van der Waals surface area contributed by atoms with Gasteiger partial charge >= 0.3 is 5.97 Å². The Hall–Kier alpha value is -2.17. The maximum Gasteiger partial charge on any atom is 0.328 e. The molecule has 5 heteroatoms. The van der Waals surface area contributed by atoms with E-state index in [0.29, 0.717) is 22.8 Å². The summed E-state index contributed by atoms with van der Waals surface area (Å²) in [5, 5.41) is 8.58. The number of hydrogen-bond donors (Lipinski definition) is 1. The van der Waals surface area contributed by atoms with Crippen LogP contribution in [0, 0.1) is 0 Å². The van der Waals surface area contributed by atoms with Crippen LogP contribution in [0.25, 0.3) is 6.08 Å². The lowest BCUT2D eigenvalue weighted by Gasteiger charge is -2.11. The zero-order valence-electron chi connectivity index (χ0n) is 9.89. The molecule has 5 nitrogen and oxygen atoms in total. The molecule has 0 aliphatic carbocycles. The molecule has 1 N–H and O–H groups in total. The van der Waals surface area contributed by atoms with Crippen molar-refractivity contribution in [3.63, 3.8) is 0 Å². The summed E-state index contributed by atoms with van der Waals surface area (Å²) < 4.78 is 15.4. The Morgan fingerprint density at radius 1 is 1.06 bits per heavy atom. The van der Waals surface area contributed by atoms with E-state index >= 15 is 0 Å². The van der Waals surface area contributed by atoms with Crippen LogP contribution in [0.4, 0.5) is 0 Å². The van der Waals surface area contributed by atoms with Gasteiger partial charge < -0.3 is 19.3 Å². The molecule has 0 radical (unpaired) electrons. The Morgan fingerprint density at radius 3 is 2.06 bits per heavy atom. The zero-order chi connectivity index (χ0) is 12.8. The number of carboxylic acids is 1. The number of ether oxygens (including phenoxy) is 3. The second kappa shape index (κ2) is 5.79. The molecule has 0 unspecified atom stereocenters. The van der Waals surface area contributed by atoms with Gasteiger partial charge in [-0.2, -0.15) is 0 Å². The van der Waals surface area contributed by atoms with Gasteiger partial charge in [0.1, 0.15) is 5.75 Å². The maximum atomic E-state index is 10.5. The first-order valence-electron chi connectivity index (χ1n) is 4.83. The van der Waals surface area contributed by atoms with Gasteiger partial charge in [0.15, 0.2) is 11.5 Å². The van der Waals surface area contributed by atoms with Gasteiger partial charge in [0.05, 0.1) is 21.3 Å². The number of methoxy groups -OCH3 is 3. The average molecular weight is 238 g/mol. The van der Waals surface area contributed by atoms with E-state index in [2.05, 4.69) is 0 Å². The van der Waals surface area contributed by atoms with Gasteiger partial charge in [0.25, 0.3) is 0 Å². The molecular weight excluding hydrogens is 224 g/mol. The predicted octanol–water partition coefficient (Wildman–Crippen LogP) is 1.81. The molecule has 0 saturated heterocycles. The first-order chi connectivity index (χ1) is 8.12. The molecule has 92 valence electrons. The summed E-state index contributed by atoms with van der Waals surface area (Å²) in [5.41, 5.74) is 0.604. The summed E-state index contributed by atoms with van der Waals surface area (Å²) in [6.07, 6.45) is 2.47. The molecule has 1 aromatic carbocycles. The minimum atomic E-state index is -1.03. The molecule has 0 fully saturated rings. The smallest absolute Gasteiger partial charge is 0.328 e. The molecule has 0 amide bonds. The highest BCUT2D eigenvalue weighted by Gasteiger charge is 2.09. The number of carbonyl (C=O) groups is 1. The molecule has 0 spiro atoms. The van der Waals surface area contributed by atoms with Crippen LogP contribution in [0.2, 0.25) is 0 Å². The molecule has 17 heavy (non-hydrogen) atoms. The second-order valence-corrected chi connectivity index (χ2v) is 3.12. The fraction of sp³-hybridized carbons (Fsp3) is 0.250. The molecule has 0 aliphatic heterocycles. The highest BCUT2D eigenvalue weighted by atomic mass is 16.5. The van der Waals surface area contributed by atoms with Crippen molar-refractivity contribution < 1.29 is 24.1 Å². The second-order valence-electron chi connectivity index (χ2n) is 3.12. The van der Waals surface area contributed by atoms with E-state index in [9.17, 15) is 4.79 Å². The lowest BCUT2D eigenvalue weighted by atomic mass is 10.1. The number of carboxylic acid groups (broad SMARTS) is 1. The lowest BCUT2D eigenvalue weighted by Crippen LogP contribution is -1.95. The van der Waals surface area contributed by atoms with Crippen LogP contribution in [0.5, 0.6) is 17.2 Å². The van der Waals surface area contributed by atoms with Gasteiger partial charge in [-0.15, -0.1) is 0 Å². The van der Waals surface area contributed by atoms with E-state index in [4.69, 9.17) is 19.3 Å². The van der Waals surface area contributed by atoms with Crippen LogP contribution in [0.3, 0.4) is 0 Å². The van der Waals surface area contributed by atoms with Gasteiger partial charge in [-0.3, -0.25) is 0 Å². The maximum absolute atomic E-state index is 10.5. The topological polar surface area (TPSA) is 65.0 Å². The third kappa shape index (κ3) is 3.14. The highest BCUT2D eigenvalue weighted by molar-refractivity contribution is 5.86. The largest absolute Gasteiger partial charge is 0.496 e. The van der Waals surface area contributed by atoms with Gasteiger partial charge in [-0.1, -0.05) is 0 Å². The highest BCUT2D eigenvalue weighted by Crippen LogP contribution is 2.35. The molecular formula is C12H14O5. The fourth-order valence-corrected chi connectivity index (χ4v) is 1.34. The first-order valence-corrected chi connectivity index (χ1v) is 4.83. The molecule has 0 heterocycles. The van der Waals surface area contributed by atoms with Crippen LogP contribution in [-0.4, -0.2) is 32.4 Å². The third-order valence-corrected chi connectivity index (χ3v) is 2.14. The molecule has 0 aromatic heterocycles. The van der Waals surface area contributed by atoms with Crippen LogP contribution in [0.1, 0.15) is 5.56 Å². The Kier molecular flexibility index (Phi) is 4.39. The minimum Gasteiger partial charge on any atom is -0.496 e. The van der Waals surface area contributed by atoms with Gasteiger partial charge in [0, 0.05) is 17.7 Å². The van der Waals surface area contributed by atoms with Crippen LogP contribution < -0.4 is 14.2 Å². The SMILES string of the molecule is COc1cc(OC)c(OC)cc1/C=C\C(=O)O. The molecule has 0 saturated carbocycles. The van der Waals surface area contributed by atoms with E-state index in [1.165, 1.54) is 27.4 Å². The van der Waals surface area contributed by atoms with Crippen molar-refractivity contribution in [3.05, 3.63) is 23.8 Å². The lowest BCUT2D eigenvalue weighted by molar-refractivity contribution is -0.131. The van der Waals surface area contributed by atoms with Gasteiger partial charge in [0.2, 0.25) is 0 Å². The Morgan fingerprint density at radius 2 is 1.59 bits per heavy atom. The van der Waals surface area contributed by atoms with Crippen molar-refractivity contribution in [1.82, 2.24) is 0 Å². The quantitative estimate of drug-likeness (QED) is 0.792. The monoisotopic (exact) mass is 238 g/mol. The average Bonchev–Trinajstić information content (AvgIpc) is 2.34. The van der Waals surface area contributed by atoms with Crippen molar-refractivity contribution in [3.8, 4) is 17.2 Å². The fourth-order valence-electron chi connectivity index (χ4n) is 1.34. The number of rotatable bonds is 5. The van der Waals surface area contributed by atoms with E-state index < -0.39 is 5.97 Å². The molecule has 1 aromatic rings. The summed E-state index contributed by atoms with van der Waals surface area (Å²) in [4.78, 5) is 10.5. The van der Waals surface area contributed by atoms with E-state index in [1.807, 2.05) is 0 Å². The Bertz CT molecular complexity index is 437. The van der Waals surface area contributed by atoms with Crippen LogP contribution in [0.15, 0.2) is 18.2 Å². The normalized spacial score (nSPS) is 10.3. The number of benzene rings is 1. The predicted molar refractivity (Wildman–Crippen MR) is 62.8 cm³/mol. The number of aliphatic carboxylic acids is 1. The molecule has 0 bridgehead atoms. The molecule has 0 atom stereocenters. The van der Waals surface area contributed by atoms with E-state index in [1.54, 1.807) is 12.1 Å². The van der Waals surface area contributed by atoms with Gasteiger partial charge in [-0.25, -0.2) is 4.79 Å². The summed E-state index contributed by atoms with van der Waals surface area (Å²) in [6.45, 7) is 0. The molecule has 1 rings (SSSR count). The summed E-state index contributed by atoms with van der Waals surface area (Å²) in [7, 11) is 4.53. The summed E-state index contributed by atoms with van der Waals surface area (Å²) >= 11 is 0. The zero-order valence-corrected chi connectivity index (χ0v) is 9.89. The van der Waals surface area contributed by atoms with Crippen molar-refractivity contribution in [2.75, 3.05) is 21.3 Å². The first kappa shape index (κ1) is 12.9. The van der Waals surface area contributed by atoms with Crippen LogP contribution in [-0.2, 0) is 4.79 Å². The van der Waals surface area contributed by atoms with E-state index in [-0.39, 0.29) is 0 Å². The Labute approximate surface area is 99.2 Å². The molecule has 0 aliphatic rings. The standard InChI is InChI=1S/C12H14O5/c1-15-9-7-11(17-3)10(16-2)6-8(9)4-5-12(13)14/h4-7H,1-3H3,(H,13,14)/b5-4-. The van der Waals surface area contributed by atoms with E-state index in [0.717, 1.165) is 6.08 Å². The van der Waals surface area contributed by atoms with Crippen molar-refractivity contribution >= 4 is 12.0 Å². The van der Waals surface area contributed by atoms with Crippen molar-refractivity contribution in [1.29, 1.82) is 0 Å². The van der Waals surface area contributed by atoms with Crippen LogP contribution >= 0.6 is 0 Å². The Balaban J connectivity index is 3.23. The summed E-state index contributed by atoms with van der Waals surface area (Å²) in [5.74, 6) is 0.525. The summed E-state index contributed by atoms with van der Waals surface area (Å²) in [6, 6.07) is 3.29. The van der Waals surface area contributed by atoms with Gasteiger partial charge in [-0.05, 0) is 12.1 Å². The van der Waals surface area contributed by atoms with Crippen molar-refractivity contribution in [2.45, 2.75) is 0 Å². The minimum absolute atomic E-state index is 0.512. The van der Waals surface area contributed by atoms with Crippen molar-refractivity contribution in [2.24, 2.45) is 0 Å². The third-order valence-electron chi connectivity index (χ3n) is 2.14. The number of hydrogen-bond acceptors (Lipinski definition) is 4.